The molecule has 100 valence electrons. The standard InChI is InChI=1S/C15H17NO2S/c17-9-11-6-7-13-14(8-11)19-10-15(18)16(13)12-4-2-1-3-5-12/h6-9,12H,1-5,10H2. The van der Waals surface area contributed by atoms with E-state index in [4.69, 9.17) is 0 Å². The van der Waals surface area contributed by atoms with E-state index in [0.29, 0.717) is 17.4 Å². The lowest BCUT2D eigenvalue weighted by Crippen LogP contribution is -2.44. The number of aldehydes is 1. The van der Waals surface area contributed by atoms with Gasteiger partial charge >= 0.3 is 0 Å². The maximum Gasteiger partial charge on any atom is 0.237 e. The summed E-state index contributed by atoms with van der Waals surface area (Å²) in [5.74, 6) is 0.703. The molecule has 2 aliphatic rings. The Morgan fingerprint density at radius 3 is 2.74 bits per heavy atom. The molecule has 1 heterocycles. The van der Waals surface area contributed by atoms with E-state index in [-0.39, 0.29) is 5.91 Å². The van der Waals surface area contributed by atoms with Crippen LogP contribution in [-0.4, -0.2) is 24.0 Å². The van der Waals surface area contributed by atoms with Crippen LogP contribution in [0.1, 0.15) is 42.5 Å². The van der Waals surface area contributed by atoms with Crippen molar-refractivity contribution in [2.45, 2.75) is 43.0 Å². The number of anilines is 1. The van der Waals surface area contributed by atoms with Crippen molar-refractivity contribution in [1.29, 1.82) is 0 Å². The third kappa shape index (κ3) is 2.41. The number of carbonyl (C=O) groups is 2. The topological polar surface area (TPSA) is 37.4 Å². The van der Waals surface area contributed by atoms with Gasteiger partial charge in [0.15, 0.2) is 0 Å². The van der Waals surface area contributed by atoms with E-state index in [1.54, 1.807) is 17.8 Å². The zero-order valence-electron chi connectivity index (χ0n) is 10.8. The van der Waals surface area contributed by atoms with Crippen LogP contribution >= 0.6 is 11.8 Å². The Balaban J connectivity index is 1.96. The van der Waals surface area contributed by atoms with Crippen LogP contribution in [0.25, 0.3) is 0 Å². The summed E-state index contributed by atoms with van der Waals surface area (Å²) < 4.78 is 0. The summed E-state index contributed by atoms with van der Waals surface area (Å²) in [7, 11) is 0. The minimum atomic E-state index is 0.211. The number of amides is 1. The molecule has 4 heteroatoms. The van der Waals surface area contributed by atoms with Crippen molar-refractivity contribution in [2.24, 2.45) is 0 Å². The van der Waals surface area contributed by atoms with Crippen molar-refractivity contribution >= 4 is 29.6 Å². The second-order valence-electron chi connectivity index (χ2n) is 5.19. The van der Waals surface area contributed by atoms with Crippen molar-refractivity contribution in [3.05, 3.63) is 23.8 Å². The highest BCUT2D eigenvalue weighted by molar-refractivity contribution is 8.00. The average Bonchev–Trinajstić information content (AvgIpc) is 2.47. The Kier molecular flexibility index (Phi) is 3.60. The number of rotatable bonds is 2. The number of fused-ring (bicyclic) bond motifs is 1. The number of benzene rings is 1. The van der Waals surface area contributed by atoms with Crippen LogP contribution in [0.5, 0.6) is 0 Å². The Morgan fingerprint density at radius 2 is 2.00 bits per heavy atom. The molecule has 3 nitrogen and oxygen atoms in total. The molecule has 0 radical (unpaired) electrons. The van der Waals surface area contributed by atoms with Crippen LogP contribution in [0.15, 0.2) is 23.1 Å². The minimum absolute atomic E-state index is 0.211. The van der Waals surface area contributed by atoms with Gasteiger partial charge in [-0.05, 0) is 31.0 Å². The highest BCUT2D eigenvalue weighted by Crippen LogP contribution is 2.39. The first-order valence-corrected chi connectivity index (χ1v) is 7.82. The van der Waals surface area contributed by atoms with Crippen LogP contribution in [0, 0.1) is 0 Å². The van der Waals surface area contributed by atoms with Gasteiger partial charge in [0.2, 0.25) is 5.91 Å². The maximum atomic E-state index is 12.2. The molecule has 1 aromatic rings. The van der Waals surface area contributed by atoms with Crippen molar-refractivity contribution < 1.29 is 9.59 Å². The van der Waals surface area contributed by atoms with Crippen LogP contribution in [-0.2, 0) is 4.79 Å². The summed E-state index contributed by atoms with van der Waals surface area (Å²) in [5, 5.41) is 0. The van der Waals surface area contributed by atoms with Gasteiger partial charge in [-0.25, -0.2) is 0 Å². The zero-order chi connectivity index (χ0) is 13.2. The lowest BCUT2D eigenvalue weighted by molar-refractivity contribution is -0.116. The summed E-state index contributed by atoms with van der Waals surface area (Å²) in [6.45, 7) is 0. The van der Waals surface area contributed by atoms with E-state index in [0.717, 1.165) is 29.7 Å². The van der Waals surface area contributed by atoms with Gasteiger partial charge in [0.1, 0.15) is 6.29 Å². The van der Waals surface area contributed by atoms with E-state index in [1.165, 1.54) is 19.3 Å². The average molecular weight is 275 g/mol. The van der Waals surface area contributed by atoms with Gasteiger partial charge in [-0.15, -0.1) is 11.8 Å². The van der Waals surface area contributed by atoms with E-state index < -0.39 is 0 Å². The van der Waals surface area contributed by atoms with E-state index in [1.807, 2.05) is 17.0 Å². The van der Waals surface area contributed by atoms with Crippen molar-refractivity contribution in [1.82, 2.24) is 0 Å². The molecule has 1 aliphatic carbocycles. The predicted octanol–water partition coefficient (Wildman–Crippen LogP) is 3.27. The molecule has 3 rings (SSSR count). The van der Waals surface area contributed by atoms with Crippen LogP contribution in [0.3, 0.4) is 0 Å². The van der Waals surface area contributed by atoms with Gasteiger partial charge in [0.25, 0.3) is 0 Å². The SMILES string of the molecule is O=Cc1ccc2c(c1)SCC(=O)N2C1CCCCC1. The summed E-state index contributed by atoms with van der Waals surface area (Å²) in [4.78, 5) is 26.1. The van der Waals surface area contributed by atoms with Gasteiger partial charge in [0, 0.05) is 16.5 Å². The largest absolute Gasteiger partial charge is 0.308 e. The molecule has 0 bridgehead atoms. The summed E-state index contributed by atoms with van der Waals surface area (Å²) >= 11 is 1.54. The van der Waals surface area contributed by atoms with Crippen molar-refractivity contribution in [2.75, 3.05) is 10.7 Å². The van der Waals surface area contributed by atoms with Gasteiger partial charge < -0.3 is 4.90 Å². The Labute approximate surface area is 117 Å². The monoisotopic (exact) mass is 275 g/mol. The van der Waals surface area contributed by atoms with Crippen LogP contribution in [0.2, 0.25) is 0 Å². The van der Waals surface area contributed by atoms with Crippen LogP contribution < -0.4 is 4.90 Å². The number of thioether (sulfide) groups is 1. The molecule has 0 N–H and O–H groups in total. The molecule has 1 saturated carbocycles. The first-order valence-electron chi connectivity index (χ1n) is 6.83. The van der Waals surface area contributed by atoms with Gasteiger partial charge in [-0.2, -0.15) is 0 Å². The third-order valence-electron chi connectivity index (χ3n) is 3.94. The van der Waals surface area contributed by atoms with E-state index in [2.05, 4.69) is 0 Å². The molecule has 0 unspecified atom stereocenters. The summed E-state index contributed by atoms with van der Waals surface area (Å²) in [6.07, 6.45) is 6.77. The quantitative estimate of drug-likeness (QED) is 0.777. The highest BCUT2D eigenvalue weighted by Gasteiger charge is 2.31. The summed E-state index contributed by atoms with van der Waals surface area (Å²) in [5.41, 5.74) is 1.68. The zero-order valence-corrected chi connectivity index (χ0v) is 11.6. The molecule has 1 aromatic carbocycles. The Hall–Kier alpha value is -1.29. The van der Waals surface area contributed by atoms with Crippen molar-refractivity contribution in [3.8, 4) is 0 Å². The Morgan fingerprint density at radius 1 is 1.21 bits per heavy atom. The molecule has 0 saturated heterocycles. The second-order valence-corrected chi connectivity index (χ2v) is 6.21. The fraction of sp³-hybridized carbons (Fsp3) is 0.467. The van der Waals surface area contributed by atoms with Gasteiger partial charge in [-0.1, -0.05) is 19.3 Å². The first-order chi connectivity index (χ1) is 9.29. The third-order valence-corrected chi connectivity index (χ3v) is 4.97. The fourth-order valence-corrected chi connectivity index (χ4v) is 3.95. The first kappa shape index (κ1) is 12.7. The maximum absolute atomic E-state index is 12.2. The Bertz CT molecular complexity index is 509. The number of nitrogens with zero attached hydrogens (tertiary/aromatic N) is 1. The molecule has 19 heavy (non-hydrogen) atoms. The van der Waals surface area contributed by atoms with E-state index >= 15 is 0 Å². The molecule has 0 atom stereocenters. The molecular weight excluding hydrogens is 258 g/mol. The molecular formula is C15H17NO2S. The number of hydrogen-bond acceptors (Lipinski definition) is 3. The predicted molar refractivity (Wildman–Crippen MR) is 76.9 cm³/mol. The number of carbonyl (C=O) groups excluding carboxylic acids is 2. The lowest BCUT2D eigenvalue weighted by Gasteiger charge is -2.37. The fourth-order valence-electron chi connectivity index (χ4n) is 3.00. The molecule has 1 fully saturated rings. The lowest BCUT2D eigenvalue weighted by atomic mass is 9.93. The van der Waals surface area contributed by atoms with Gasteiger partial charge in [-0.3, -0.25) is 9.59 Å². The highest BCUT2D eigenvalue weighted by atomic mass is 32.2. The molecule has 1 aliphatic heterocycles. The molecule has 0 aromatic heterocycles. The smallest absolute Gasteiger partial charge is 0.237 e. The van der Waals surface area contributed by atoms with Crippen molar-refractivity contribution in [3.63, 3.8) is 0 Å². The normalized spacial score (nSPS) is 20.2. The van der Waals surface area contributed by atoms with E-state index in [9.17, 15) is 9.59 Å². The van der Waals surface area contributed by atoms with Crippen LogP contribution in [0.4, 0.5) is 5.69 Å². The van der Waals surface area contributed by atoms with Gasteiger partial charge in [0.05, 0.1) is 11.4 Å². The molecule has 0 spiro atoms. The summed E-state index contributed by atoms with van der Waals surface area (Å²) in [6, 6.07) is 5.98. The minimum Gasteiger partial charge on any atom is -0.308 e. The number of hydrogen-bond donors (Lipinski definition) is 0. The second kappa shape index (κ2) is 5.37. The molecule has 1 amide bonds.